The van der Waals surface area contributed by atoms with Gasteiger partial charge >= 0.3 is 0 Å². The van der Waals surface area contributed by atoms with Crippen LogP contribution in [0.5, 0.6) is 5.75 Å². The predicted molar refractivity (Wildman–Crippen MR) is 81.6 cm³/mol. The number of methoxy groups -OCH3 is 1. The van der Waals surface area contributed by atoms with Crippen molar-refractivity contribution in [1.82, 2.24) is 0 Å². The van der Waals surface area contributed by atoms with Crippen LogP contribution in [-0.4, -0.2) is 7.11 Å². The minimum absolute atomic E-state index is 0.387. The zero-order chi connectivity index (χ0) is 14.9. The summed E-state index contributed by atoms with van der Waals surface area (Å²) in [7, 11) is 1.49. The molecule has 0 bridgehead atoms. The molecule has 0 saturated carbocycles. The van der Waals surface area contributed by atoms with Crippen LogP contribution in [-0.2, 0) is 0 Å². The number of aryl methyl sites for hydroxylation is 2. The fourth-order valence-electron chi connectivity index (χ4n) is 2.01. The van der Waals surface area contributed by atoms with E-state index < -0.39 is 11.2 Å². The highest BCUT2D eigenvalue weighted by Crippen LogP contribution is 2.37. The van der Waals surface area contributed by atoms with Crippen LogP contribution in [0.25, 0.3) is 0 Å². The van der Waals surface area contributed by atoms with Gasteiger partial charge in [0, 0.05) is 16.7 Å². The van der Waals surface area contributed by atoms with Gasteiger partial charge in [0.25, 0.3) is 0 Å². The maximum absolute atomic E-state index is 14.1. The van der Waals surface area contributed by atoms with E-state index in [-0.39, 0.29) is 0 Å². The van der Waals surface area contributed by atoms with E-state index in [2.05, 4.69) is 0 Å². The Morgan fingerprint density at radius 2 is 1.70 bits per heavy atom. The number of alkyl halides is 1. The van der Waals surface area contributed by atoms with Crippen LogP contribution in [0.3, 0.4) is 0 Å². The first-order valence-electron chi connectivity index (χ1n) is 6.18. The van der Waals surface area contributed by atoms with Crippen molar-refractivity contribution in [3.05, 3.63) is 63.4 Å². The van der Waals surface area contributed by atoms with Gasteiger partial charge in [-0.15, -0.1) is 11.6 Å². The smallest absolute Gasteiger partial charge is 0.131 e. The Labute approximate surface area is 128 Å². The first kappa shape index (κ1) is 15.1. The van der Waals surface area contributed by atoms with E-state index in [1.54, 1.807) is 12.1 Å². The van der Waals surface area contributed by atoms with E-state index in [1.807, 2.05) is 26.0 Å². The Kier molecular flexibility index (Phi) is 4.56. The van der Waals surface area contributed by atoms with Crippen molar-refractivity contribution in [2.24, 2.45) is 0 Å². The summed E-state index contributed by atoms with van der Waals surface area (Å²) in [6, 6.07) is 8.38. The summed E-state index contributed by atoms with van der Waals surface area (Å²) in [5, 5.41) is -0.0870. The second-order valence-corrected chi connectivity index (χ2v) is 5.55. The summed E-state index contributed by atoms with van der Waals surface area (Å²) in [5.41, 5.74) is 3.25. The fourth-order valence-corrected chi connectivity index (χ4v) is 2.75. The van der Waals surface area contributed by atoms with Gasteiger partial charge in [-0.2, -0.15) is 0 Å². The molecular weight excluding hydrogens is 298 g/mol. The molecule has 0 aromatic heterocycles. The molecule has 1 atom stereocenters. The molecule has 0 N–H and O–H groups in total. The van der Waals surface area contributed by atoms with Crippen molar-refractivity contribution in [1.29, 1.82) is 0 Å². The van der Waals surface area contributed by atoms with Gasteiger partial charge in [0.1, 0.15) is 11.6 Å². The average Bonchev–Trinajstić information content (AvgIpc) is 2.42. The minimum Gasteiger partial charge on any atom is -0.497 e. The van der Waals surface area contributed by atoms with Crippen LogP contribution < -0.4 is 4.74 Å². The lowest BCUT2D eigenvalue weighted by atomic mass is 9.99. The molecule has 2 aromatic rings. The molecule has 0 spiro atoms. The molecule has 0 saturated heterocycles. The molecule has 0 amide bonds. The highest BCUT2D eigenvalue weighted by molar-refractivity contribution is 6.33. The normalized spacial score (nSPS) is 12.3. The lowest BCUT2D eigenvalue weighted by Crippen LogP contribution is -2.00. The summed E-state index contributed by atoms with van der Waals surface area (Å²) < 4.78 is 19.1. The predicted octanol–water partition coefficient (Wildman–Crippen LogP) is 5.43. The molecule has 4 heteroatoms. The van der Waals surface area contributed by atoms with E-state index in [0.717, 1.165) is 11.1 Å². The zero-order valence-electron chi connectivity index (χ0n) is 11.5. The maximum atomic E-state index is 14.1. The number of hydrogen-bond donors (Lipinski definition) is 0. The number of rotatable bonds is 3. The first-order valence-corrected chi connectivity index (χ1v) is 6.99. The van der Waals surface area contributed by atoms with Crippen molar-refractivity contribution >= 4 is 23.2 Å². The molecule has 0 aliphatic carbocycles. The number of ether oxygens (including phenoxy) is 1. The quantitative estimate of drug-likeness (QED) is 0.686. The molecule has 1 unspecified atom stereocenters. The van der Waals surface area contributed by atoms with Crippen LogP contribution in [0.1, 0.15) is 27.6 Å². The van der Waals surface area contributed by atoms with Crippen LogP contribution in [0, 0.1) is 19.7 Å². The van der Waals surface area contributed by atoms with Crippen molar-refractivity contribution in [2.45, 2.75) is 19.2 Å². The number of hydrogen-bond acceptors (Lipinski definition) is 1. The summed E-state index contributed by atoms with van der Waals surface area (Å²) in [6.07, 6.45) is 0. The van der Waals surface area contributed by atoms with E-state index >= 15 is 0 Å². The molecule has 106 valence electrons. The van der Waals surface area contributed by atoms with Gasteiger partial charge in [-0.3, -0.25) is 0 Å². The summed E-state index contributed by atoms with van der Waals surface area (Å²) in [4.78, 5) is 0. The van der Waals surface area contributed by atoms with Crippen molar-refractivity contribution < 1.29 is 9.13 Å². The third-order valence-corrected chi connectivity index (χ3v) is 4.16. The first-order chi connectivity index (χ1) is 9.43. The monoisotopic (exact) mass is 312 g/mol. The van der Waals surface area contributed by atoms with E-state index in [0.29, 0.717) is 21.9 Å². The van der Waals surface area contributed by atoms with Gasteiger partial charge in [-0.25, -0.2) is 4.39 Å². The van der Waals surface area contributed by atoms with Crippen LogP contribution in [0.15, 0.2) is 30.3 Å². The molecule has 2 aromatic carbocycles. The van der Waals surface area contributed by atoms with Gasteiger partial charge in [0.15, 0.2) is 0 Å². The van der Waals surface area contributed by atoms with Gasteiger partial charge in [-0.05, 0) is 42.7 Å². The Morgan fingerprint density at radius 1 is 1.05 bits per heavy atom. The largest absolute Gasteiger partial charge is 0.497 e. The lowest BCUT2D eigenvalue weighted by Gasteiger charge is -2.15. The van der Waals surface area contributed by atoms with E-state index in [9.17, 15) is 4.39 Å². The van der Waals surface area contributed by atoms with Gasteiger partial charge in [0.2, 0.25) is 0 Å². The maximum Gasteiger partial charge on any atom is 0.131 e. The Morgan fingerprint density at radius 3 is 2.30 bits per heavy atom. The molecular formula is C16H15Cl2FO. The van der Waals surface area contributed by atoms with Crippen LogP contribution >= 0.6 is 23.2 Å². The second-order valence-electron chi connectivity index (χ2n) is 4.71. The van der Waals surface area contributed by atoms with E-state index in [4.69, 9.17) is 27.9 Å². The molecule has 2 rings (SSSR count). The molecule has 0 fully saturated rings. The van der Waals surface area contributed by atoms with Crippen LogP contribution in [0.4, 0.5) is 4.39 Å². The van der Waals surface area contributed by atoms with Gasteiger partial charge < -0.3 is 4.74 Å². The standard InChI is InChI=1S/C16H15Cl2FO/c1-9-6-13(14(17)7-10(9)2)16(18)12-5-4-11(20-3)8-15(12)19/h4-8,16H,1-3H3. The van der Waals surface area contributed by atoms with Gasteiger partial charge in [-0.1, -0.05) is 23.7 Å². The Balaban J connectivity index is 2.46. The SMILES string of the molecule is COc1ccc(C(Cl)c2cc(C)c(C)cc2Cl)c(F)c1. The van der Waals surface area contributed by atoms with Gasteiger partial charge in [0.05, 0.1) is 12.5 Å². The Hall–Kier alpha value is -1.25. The highest BCUT2D eigenvalue weighted by Gasteiger charge is 2.19. The molecule has 0 heterocycles. The van der Waals surface area contributed by atoms with Crippen molar-refractivity contribution in [3.63, 3.8) is 0 Å². The summed E-state index contributed by atoms with van der Waals surface area (Å²) in [6.45, 7) is 3.95. The van der Waals surface area contributed by atoms with Crippen molar-refractivity contribution in [2.75, 3.05) is 7.11 Å². The summed E-state index contributed by atoms with van der Waals surface area (Å²) >= 11 is 12.6. The highest BCUT2D eigenvalue weighted by atomic mass is 35.5. The van der Waals surface area contributed by atoms with E-state index in [1.165, 1.54) is 13.2 Å². The molecule has 20 heavy (non-hydrogen) atoms. The second kappa shape index (κ2) is 6.02. The third-order valence-electron chi connectivity index (χ3n) is 3.37. The lowest BCUT2D eigenvalue weighted by molar-refractivity contribution is 0.410. The zero-order valence-corrected chi connectivity index (χ0v) is 13.0. The molecule has 0 radical (unpaired) electrons. The molecule has 0 aliphatic heterocycles. The average molecular weight is 313 g/mol. The number of benzene rings is 2. The van der Waals surface area contributed by atoms with Crippen molar-refractivity contribution in [3.8, 4) is 5.75 Å². The number of halogens is 3. The topological polar surface area (TPSA) is 9.23 Å². The summed E-state index contributed by atoms with van der Waals surface area (Å²) in [5.74, 6) is 0.0555. The third kappa shape index (κ3) is 2.92. The van der Waals surface area contributed by atoms with Crippen LogP contribution in [0.2, 0.25) is 5.02 Å². The molecule has 0 aliphatic rings. The Bertz CT molecular complexity index is 641. The minimum atomic E-state index is -0.632. The fraction of sp³-hybridized carbons (Fsp3) is 0.250. The molecule has 1 nitrogen and oxygen atoms in total.